The van der Waals surface area contributed by atoms with Crippen molar-refractivity contribution in [1.82, 2.24) is 5.32 Å². The lowest BCUT2D eigenvalue weighted by molar-refractivity contribution is -0.768. The Bertz CT molecular complexity index is 857. The lowest BCUT2D eigenvalue weighted by Crippen LogP contribution is -2.45. The molecule has 0 aliphatic rings. The van der Waals surface area contributed by atoms with Crippen LogP contribution >= 0.6 is 0 Å². The van der Waals surface area contributed by atoms with Gasteiger partial charge in [-0.15, -0.1) is 10.1 Å². The summed E-state index contributed by atoms with van der Waals surface area (Å²) in [5.74, 6) is -0.793. The number of nitrogens with one attached hydrogen (secondary N) is 1. The van der Waals surface area contributed by atoms with Gasteiger partial charge < -0.3 is 29.1 Å². The smallest absolute Gasteiger partial charge is 0.444 e. The molecular weight excluding hydrogens is 488 g/mol. The summed E-state index contributed by atoms with van der Waals surface area (Å²) >= 11 is 0. The molecular formula is C25H38N2O10. The number of aryl methyl sites for hydroxylation is 1. The van der Waals surface area contributed by atoms with E-state index in [1.54, 1.807) is 27.7 Å². The summed E-state index contributed by atoms with van der Waals surface area (Å²) in [6.45, 7) is 8.26. The van der Waals surface area contributed by atoms with Gasteiger partial charge in [0.15, 0.2) is 0 Å². The second-order valence-electron chi connectivity index (χ2n) is 9.30. The van der Waals surface area contributed by atoms with Crippen molar-refractivity contribution in [2.75, 3.05) is 6.61 Å². The predicted molar refractivity (Wildman–Crippen MR) is 132 cm³/mol. The number of benzene rings is 1. The van der Waals surface area contributed by atoms with Crippen molar-refractivity contribution in [2.24, 2.45) is 0 Å². The Kier molecular flexibility index (Phi) is 13.8. The van der Waals surface area contributed by atoms with E-state index in [0.29, 0.717) is 32.1 Å². The number of carbonyl (C=O) groups excluding carboxylic acids is 3. The number of alkyl carbamates (subject to hydrolysis) is 1. The molecule has 3 atom stereocenters. The number of esters is 1. The molecule has 0 bridgehead atoms. The van der Waals surface area contributed by atoms with Crippen molar-refractivity contribution in [2.45, 2.75) is 97.2 Å². The molecule has 0 aromatic heterocycles. The molecule has 1 aromatic carbocycles. The molecule has 12 nitrogen and oxygen atoms in total. The quantitative estimate of drug-likeness (QED) is 0.0848. The molecule has 3 unspecified atom stereocenters. The maximum Gasteiger partial charge on any atom is 0.511 e. The highest BCUT2D eigenvalue weighted by atomic mass is 17.0. The van der Waals surface area contributed by atoms with Gasteiger partial charge in [0.05, 0.1) is 6.61 Å². The molecule has 208 valence electrons. The van der Waals surface area contributed by atoms with Crippen molar-refractivity contribution in [3.05, 3.63) is 46.0 Å². The van der Waals surface area contributed by atoms with Gasteiger partial charge in [-0.25, -0.2) is 14.4 Å². The Morgan fingerprint density at radius 3 is 2.32 bits per heavy atom. The lowest BCUT2D eigenvalue weighted by atomic mass is 10.1. The molecule has 0 saturated carbocycles. The summed E-state index contributed by atoms with van der Waals surface area (Å²) in [6.07, 6.45) is -0.938. The van der Waals surface area contributed by atoms with Crippen LogP contribution in [0, 0.1) is 10.1 Å². The predicted octanol–water partition coefficient (Wildman–Crippen LogP) is 4.71. The van der Waals surface area contributed by atoms with Gasteiger partial charge in [0.1, 0.15) is 17.7 Å². The minimum Gasteiger partial charge on any atom is -0.444 e. The van der Waals surface area contributed by atoms with Crippen molar-refractivity contribution >= 4 is 18.2 Å². The van der Waals surface area contributed by atoms with Gasteiger partial charge in [0.25, 0.3) is 5.09 Å². The van der Waals surface area contributed by atoms with Crippen molar-refractivity contribution < 1.29 is 43.3 Å². The molecule has 12 heteroatoms. The summed E-state index contributed by atoms with van der Waals surface area (Å²) in [5, 5.41) is 12.1. The SMILES string of the molecule is CCC(CCCCOC(=O)OC(C)OC(=O)C(CCc1ccccc1)NC(=O)OC(C)(C)C)O[N+](=O)[O-]. The molecule has 0 aliphatic heterocycles. The minimum atomic E-state index is -1.27. The van der Waals surface area contributed by atoms with Crippen molar-refractivity contribution in [1.29, 1.82) is 0 Å². The zero-order valence-corrected chi connectivity index (χ0v) is 22.1. The van der Waals surface area contributed by atoms with Crippen LogP contribution in [0.5, 0.6) is 0 Å². The molecule has 1 rings (SSSR count). The first-order chi connectivity index (χ1) is 17.4. The number of ether oxygens (including phenoxy) is 4. The fraction of sp³-hybridized carbons (Fsp3) is 0.640. The van der Waals surface area contributed by atoms with Crippen molar-refractivity contribution in [3.63, 3.8) is 0 Å². The van der Waals surface area contributed by atoms with E-state index in [4.69, 9.17) is 18.9 Å². The molecule has 1 amide bonds. The summed E-state index contributed by atoms with van der Waals surface area (Å²) in [6, 6.07) is 8.37. The van der Waals surface area contributed by atoms with Gasteiger partial charge in [-0.2, -0.15) is 0 Å². The van der Waals surface area contributed by atoms with Crippen LogP contribution in [0.25, 0.3) is 0 Å². The first-order valence-corrected chi connectivity index (χ1v) is 12.3. The van der Waals surface area contributed by atoms with Gasteiger partial charge in [0.2, 0.25) is 6.29 Å². The van der Waals surface area contributed by atoms with Crippen LogP contribution in [0.15, 0.2) is 30.3 Å². The number of hydrogen-bond acceptors (Lipinski definition) is 10. The van der Waals surface area contributed by atoms with Crippen LogP contribution in [-0.2, 0) is 35.0 Å². The molecule has 0 spiro atoms. The molecule has 1 aromatic rings. The van der Waals surface area contributed by atoms with Crippen LogP contribution in [-0.4, -0.2) is 53.9 Å². The molecule has 37 heavy (non-hydrogen) atoms. The largest absolute Gasteiger partial charge is 0.511 e. The van der Waals surface area contributed by atoms with Gasteiger partial charge >= 0.3 is 18.2 Å². The van der Waals surface area contributed by atoms with E-state index in [1.165, 1.54) is 6.92 Å². The third-order valence-electron chi connectivity index (χ3n) is 4.92. The number of carbonyl (C=O) groups is 3. The molecule has 0 radical (unpaired) electrons. The van der Waals surface area contributed by atoms with E-state index >= 15 is 0 Å². The monoisotopic (exact) mass is 526 g/mol. The Labute approximate surface area is 217 Å². The van der Waals surface area contributed by atoms with Crippen LogP contribution in [0.4, 0.5) is 9.59 Å². The Morgan fingerprint density at radius 1 is 1.05 bits per heavy atom. The fourth-order valence-electron chi connectivity index (χ4n) is 3.18. The Hall–Kier alpha value is -3.57. The molecule has 0 fully saturated rings. The highest BCUT2D eigenvalue weighted by Crippen LogP contribution is 2.12. The summed E-state index contributed by atoms with van der Waals surface area (Å²) in [7, 11) is 0. The zero-order chi connectivity index (χ0) is 27.8. The van der Waals surface area contributed by atoms with E-state index in [9.17, 15) is 24.5 Å². The first-order valence-electron chi connectivity index (χ1n) is 12.3. The van der Waals surface area contributed by atoms with Crippen LogP contribution in [0.2, 0.25) is 0 Å². The molecule has 1 N–H and O–H groups in total. The van der Waals surface area contributed by atoms with Gasteiger partial charge in [-0.1, -0.05) is 37.3 Å². The van der Waals surface area contributed by atoms with Crippen LogP contribution in [0.1, 0.15) is 72.3 Å². The minimum absolute atomic E-state index is 0.0221. The normalized spacial score (nSPS) is 13.4. The second-order valence-corrected chi connectivity index (χ2v) is 9.30. The molecule has 0 aliphatic carbocycles. The first kappa shape index (κ1) is 31.5. The Morgan fingerprint density at radius 2 is 1.73 bits per heavy atom. The summed E-state index contributed by atoms with van der Waals surface area (Å²) in [4.78, 5) is 51.8. The number of nitrogens with zero attached hydrogens (tertiary/aromatic N) is 1. The van der Waals surface area contributed by atoms with E-state index in [-0.39, 0.29) is 13.0 Å². The highest BCUT2D eigenvalue weighted by Gasteiger charge is 2.27. The van der Waals surface area contributed by atoms with Crippen LogP contribution in [0.3, 0.4) is 0 Å². The maximum atomic E-state index is 12.7. The van der Waals surface area contributed by atoms with Gasteiger partial charge in [-0.05, 0) is 64.9 Å². The number of unbranched alkanes of at least 4 members (excludes halogenated alkanes) is 1. The standard InChI is InChI=1S/C25H38N2O10/c1-6-20(37-27(31)32)14-10-11-17-33-24(30)35-18(2)34-22(28)21(26-23(29)36-25(3,4)5)16-15-19-12-8-7-9-13-19/h7-9,12-13,18,20-21H,6,10-11,14-17H2,1-5H3,(H,26,29). The zero-order valence-electron chi connectivity index (χ0n) is 22.1. The second kappa shape index (κ2) is 16.2. The molecule has 0 saturated heterocycles. The fourth-order valence-corrected chi connectivity index (χ4v) is 3.18. The van der Waals surface area contributed by atoms with E-state index in [1.807, 2.05) is 30.3 Å². The van der Waals surface area contributed by atoms with Gasteiger partial charge in [0, 0.05) is 6.92 Å². The average Bonchev–Trinajstić information content (AvgIpc) is 2.79. The van der Waals surface area contributed by atoms with E-state index in [2.05, 4.69) is 10.2 Å². The average molecular weight is 527 g/mol. The number of hydrogen-bond donors (Lipinski definition) is 1. The molecule has 0 heterocycles. The summed E-state index contributed by atoms with van der Waals surface area (Å²) in [5.41, 5.74) is 0.212. The highest BCUT2D eigenvalue weighted by molar-refractivity contribution is 5.81. The van der Waals surface area contributed by atoms with Crippen LogP contribution < -0.4 is 5.32 Å². The van der Waals surface area contributed by atoms with Gasteiger partial charge in [-0.3, -0.25) is 0 Å². The van der Waals surface area contributed by atoms with E-state index < -0.39 is 47.3 Å². The third-order valence-corrected chi connectivity index (χ3v) is 4.92. The topological polar surface area (TPSA) is 153 Å². The van der Waals surface area contributed by atoms with Crippen molar-refractivity contribution in [3.8, 4) is 0 Å². The Balaban J connectivity index is 2.51. The number of rotatable bonds is 15. The number of amides is 1. The van der Waals surface area contributed by atoms with E-state index in [0.717, 1.165) is 5.56 Å². The third kappa shape index (κ3) is 15.2. The summed E-state index contributed by atoms with van der Waals surface area (Å²) < 4.78 is 20.4. The maximum absolute atomic E-state index is 12.7. The lowest BCUT2D eigenvalue weighted by Gasteiger charge is -2.24.